The quantitative estimate of drug-likeness (QED) is 0.287. The van der Waals surface area contributed by atoms with Crippen molar-refractivity contribution in [2.45, 2.75) is 40.2 Å². The monoisotopic (exact) mass is 573 g/mol. The third-order valence-electron chi connectivity index (χ3n) is 5.84. The average Bonchev–Trinajstić information content (AvgIpc) is 3.28. The van der Waals surface area contributed by atoms with Crippen LogP contribution in [0, 0.1) is 6.92 Å². The van der Waals surface area contributed by atoms with Crippen LogP contribution in [-0.2, 0) is 26.1 Å². The summed E-state index contributed by atoms with van der Waals surface area (Å²) in [6.45, 7) is 6.71. The molecule has 1 fully saturated rings. The molecule has 0 bridgehead atoms. The molecule has 1 aliphatic rings. The van der Waals surface area contributed by atoms with Gasteiger partial charge in [-0.15, -0.1) is 0 Å². The molecule has 0 amide bonds. The van der Waals surface area contributed by atoms with Gasteiger partial charge in [-0.05, 0) is 44.9 Å². The molecular weight excluding hydrogens is 542 g/mol. The molecule has 0 atom stereocenters. The van der Waals surface area contributed by atoms with Crippen LogP contribution < -0.4 is 20.3 Å². The lowest BCUT2D eigenvalue weighted by atomic mass is 10.1. The number of hydrogen-bond acceptors (Lipinski definition) is 12. The second kappa shape index (κ2) is 12.4. The molecule has 208 valence electrons. The first-order valence-corrected chi connectivity index (χ1v) is 15.0. The summed E-state index contributed by atoms with van der Waals surface area (Å²) in [4.78, 5) is 40.2. The van der Waals surface area contributed by atoms with Gasteiger partial charge in [0.25, 0.3) is 0 Å². The van der Waals surface area contributed by atoms with Crippen LogP contribution >= 0.6 is 11.3 Å². The molecule has 1 aromatic carbocycles. The highest BCUT2D eigenvalue weighted by Crippen LogP contribution is 2.28. The summed E-state index contributed by atoms with van der Waals surface area (Å²) >= 11 is 1.15. The zero-order chi connectivity index (χ0) is 28.0. The summed E-state index contributed by atoms with van der Waals surface area (Å²) in [5, 5.41) is 6.81. The van der Waals surface area contributed by atoms with Gasteiger partial charge in [-0.25, -0.2) is 18.2 Å². The number of ether oxygens (including phenoxy) is 1. The Kier molecular flexibility index (Phi) is 8.97. The highest BCUT2D eigenvalue weighted by atomic mass is 32.2. The number of carbonyl (C=O) groups is 2. The van der Waals surface area contributed by atoms with Crippen molar-refractivity contribution in [1.29, 1.82) is 0 Å². The van der Waals surface area contributed by atoms with Gasteiger partial charge in [0.1, 0.15) is 16.5 Å². The SMILES string of the molecule is CCOC(=O)c1sc(Nc2nc(NCc3ccc(NS(=O)(=O)CC)cc3)cc(N3CCCC(=O)C3)n2)nc1C. The number of nitrogens with zero attached hydrogens (tertiary/aromatic N) is 4. The third kappa shape index (κ3) is 7.63. The maximum atomic E-state index is 12.2. The minimum Gasteiger partial charge on any atom is -0.462 e. The van der Waals surface area contributed by atoms with E-state index in [1.54, 1.807) is 39.0 Å². The van der Waals surface area contributed by atoms with Crippen molar-refractivity contribution < 1.29 is 22.7 Å². The maximum Gasteiger partial charge on any atom is 0.350 e. The molecule has 0 radical (unpaired) electrons. The largest absolute Gasteiger partial charge is 0.462 e. The van der Waals surface area contributed by atoms with Crippen LogP contribution in [0.25, 0.3) is 0 Å². The van der Waals surface area contributed by atoms with Crippen LogP contribution in [0.2, 0.25) is 0 Å². The number of piperidine rings is 1. The molecule has 1 aliphatic heterocycles. The molecule has 0 spiro atoms. The number of sulfonamides is 1. The summed E-state index contributed by atoms with van der Waals surface area (Å²) in [7, 11) is -3.35. The van der Waals surface area contributed by atoms with Crippen LogP contribution in [0.15, 0.2) is 30.3 Å². The number of ketones is 1. The lowest BCUT2D eigenvalue weighted by Gasteiger charge is -2.27. The molecule has 0 saturated carbocycles. The molecule has 3 aromatic rings. The normalized spacial score (nSPS) is 13.7. The van der Waals surface area contributed by atoms with Crippen LogP contribution in [-0.4, -0.2) is 60.6 Å². The number of anilines is 5. The van der Waals surface area contributed by atoms with Gasteiger partial charge in [-0.2, -0.15) is 9.97 Å². The molecule has 0 unspecified atom stereocenters. The van der Waals surface area contributed by atoms with E-state index in [9.17, 15) is 18.0 Å². The Balaban J connectivity index is 1.54. The lowest BCUT2D eigenvalue weighted by molar-refractivity contribution is -0.118. The van der Waals surface area contributed by atoms with E-state index in [1.165, 1.54) is 0 Å². The van der Waals surface area contributed by atoms with Crippen LogP contribution in [0.4, 0.5) is 28.4 Å². The predicted molar refractivity (Wildman–Crippen MR) is 151 cm³/mol. The molecule has 12 nitrogen and oxygen atoms in total. The first-order valence-electron chi connectivity index (χ1n) is 12.6. The molecule has 0 aliphatic carbocycles. The summed E-state index contributed by atoms with van der Waals surface area (Å²) in [6.07, 6.45) is 1.30. The van der Waals surface area contributed by atoms with Gasteiger partial charge in [-0.3, -0.25) is 14.8 Å². The van der Waals surface area contributed by atoms with Crippen molar-refractivity contribution in [1.82, 2.24) is 15.0 Å². The number of nitrogens with one attached hydrogen (secondary N) is 3. The van der Waals surface area contributed by atoms with Gasteiger partial charge in [0.05, 0.1) is 24.6 Å². The van der Waals surface area contributed by atoms with Crippen LogP contribution in [0.1, 0.15) is 47.6 Å². The first kappa shape index (κ1) is 28.2. The van der Waals surface area contributed by atoms with Crippen molar-refractivity contribution in [3.63, 3.8) is 0 Å². The molecule has 2 aromatic heterocycles. The minimum absolute atomic E-state index is 0.00393. The van der Waals surface area contributed by atoms with Gasteiger partial charge in [0.2, 0.25) is 16.0 Å². The van der Waals surface area contributed by atoms with E-state index in [0.29, 0.717) is 52.5 Å². The van der Waals surface area contributed by atoms with E-state index in [4.69, 9.17) is 4.74 Å². The number of aryl methyl sites for hydroxylation is 1. The summed E-state index contributed by atoms with van der Waals surface area (Å²) in [6, 6.07) is 8.83. The highest BCUT2D eigenvalue weighted by Gasteiger charge is 2.21. The number of benzene rings is 1. The fourth-order valence-electron chi connectivity index (χ4n) is 3.84. The van der Waals surface area contributed by atoms with Crippen molar-refractivity contribution in [2.75, 3.05) is 45.7 Å². The lowest BCUT2D eigenvalue weighted by Crippen LogP contribution is -2.36. The average molecular weight is 574 g/mol. The molecule has 3 N–H and O–H groups in total. The maximum absolute atomic E-state index is 12.2. The second-order valence-electron chi connectivity index (χ2n) is 8.83. The van der Waals surface area contributed by atoms with Crippen LogP contribution in [0.5, 0.6) is 0 Å². The van der Waals surface area contributed by atoms with E-state index in [0.717, 1.165) is 23.3 Å². The number of Topliss-reactive ketones (excluding diaryl/α,β-unsaturated/α-hetero) is 1. The Labute approximate surface area is 231 Å². The molecule has 1 saturated heterocycles. The summed E-state index contributed by atoms with van der Waals surface area (Å²) < 4.78 is 31.2. The molecule has 39 heavy (non-hydrogen) atoms. The fourth-order valence-corrected chi connectivity index (χ4v) is 5.34. The van der Waals surface area contributed by atoms with Crippen molar-refractivity contribution >= 4 is 61.5 Å². The Bertz CT molecular complexity index is 1440. The summed E-state index contributed by atoms with van der Waals surface area (Å²) in [5.74, 6) is 1.09. The topological polar surface area (TPSA) is 156 Å². The number of rotatable bonds is 11. The number of carbonyl (C=O) groups excluding carboxylic acids is 2. The van der Waals surface area contributed by atoms with E-state index >= 15 is 0 Å². The summed E-state index contributed by atoms with van der Waals surface area (Å²) in [5.41, 5.74) is 1.95. The fraction of sp³-hybridized carbons (Fsp3) is 0.400. The zero-order valence-corrected chi connectivity index (χ0v) is 23.6. The first-order chi connectivity index (χ1) is 18.7. The van der Waals surface area contributed by atoms with Crippen molar-refractivity contribution in [3.05, 3.63) is 46.5 Å². The Morgan fingerprint density at radius 3 is 2.62 bits per heavy atom. The molecule has 14 heteroatoms. The number of esters is 1. The predicted octanol–water partition coefficient (Wildman–Crippen LogP) is 3.70. The second-order valence-corrected chi connectivity index (χ2v) is 11.8. The minimum atomic E-state index is -3.35. The van der Waals surface area contributed by atoms with Gasteiger partial charge >= 0.3 is 5.97 Å². The number of hydrogen-bond donors (Lipinski definition) is 3. The van der Waals surface area contributed by atoms with E-state index in [2.05, 4.69) is 30.3 Å². The smallest absolute Gasteiger partial charge is 0.350 e. The Morgan fingerprint density at radius 1 is 1.15 bits per heavy atom. The standard InChI is InChI=1S/C25H31N7O5S2/c1-4-37-23(34)22-16(3)27-25(38-22)30-24-28-20(13-21(29-24)32-12-6-7-19(33)15-32)26-14-17-8-10-18(11-9-17)31-39(35,36)5-2/h8-11,13,31H,4-7,12,14-15H2,1-3H3,(H2,26,27,28,29,30). The number of aromatic nitrogens is 3. The molecule has 4 rings (SSSR count). The van der Waals surface area contributed by atoms with Gasteiger partial charge < -0.3 is 15.0 Å². The van der Waals surface area contributed by atoms with E-state index in [-0.39, 0.29) is 30.6 Å². The molecule has 3 heterocycles. The highest BCUT2D eigenvalue weighted by molar-refractivity contribution is 7.92. The zero-order valence-electron chi connectivity index (χ0n) is 22.0. The Morgan fingerprint density at radius 2 is 1.92 bits per heavy atom. The van der Waals surface area contributed by atoms with Crippen LogP contribution in [0.3, 0.4) is 0 Å². The Hall–Kier alpha value is -3.78. The van der Waals surface area contributed by atoms with Gasteiger partial charge in [0.15, 0.2) is 10.9 Å². The van der Waals surface area contributed by atoms with E-state index in [1.807, 2.05) is 17.0 Å². The van der Waals surface area contributed by atoms with E-state index < -0.39 is 16.0 Å². The van der Waals surface area contributed by atoms with Gasteiger partial charge in [-0.1, -0.05) is 23.5 Å². The van der Waals surface area contributed by atoms with Crippen molar-refractivity contribution in [2.24, 2.45) is 0 Å². The number of thiazole rings is 1. The van der Waals surface area contributed by atoms with Gasteiger partial charge in [0, 0.05) is 31.3 Å². The third-order valence-corrected chi connectivity index (χ3v) is 8.20. The molecular formula is C25H31N7O5S2. The van der Waals surface area contributed by atoms with Crippen molar-refractivity contribution in [3.8, 4) is 0 Å².